The van der Waals surface area contributed by atoms with Gasteiger partial charge in [-0.1, -0.05) is 56.8 Å². The summed E-state index contributed by atoms with van der Waals surface area (Å²) in [5, 5.41) is 7.11. The van der Waals surface area contributed by atoms with E-state index in [0.717, 1.165) is 32.1 Å². The van der Waals surface area contributed by atoms with Gasteiger partial charge >= 0.3 is 6.18 Å². The van der Waals surface area contributed by atoms with Gasteiger partial charge in [0.1, 0.15) is 0 Å². The van der Waals surface area contributed by atoms with Crippen molar-refractivity contribution in [2.24, 2.45) is 11.8 Å². The molecule has 0 spiro atoms. The van der Waals surface area contributed by atoms with Crippen molar-refractivity contribution in [2.45, 2.75) is 72.0 Å². The van der Waals surface area contributed by atoms with Crippen molar-refractivity contribution in [1.82, 2.24) is 15.1 Å². The Kier molecular flexibility index (Phi) is 7.91. The summed E-state index contributed by atoms with van der Waals surface area (Å²) in [6.07, 6.45) is 1.15. The number of benzene rings is 1. The highest BCUT2D eigenvalue weighted by atomic mass is 35.5. The largest absolute Gasteiger partial charge is 0.417 e. The predicted molar refractivity (Wildman–Crippen MR) is 121 cm³/mol. The first-order valence-electron chi connectivity index (χ1n) is 11.4. The number of nitrogens with zero attached hydrogens (tertiary/aromatic N) is 2. The van der Waals surface area contributed by atoms with Gasteiger partial charge in [-0.25, -0.2) is 0 Å². The lowest BCUT2D eigenvalue weighted by Gasteiger charge is -2.26. The molecular formula is C24H31ClF3N3O. The van der Waals surface area contributed by atoms with Gasteiger partial charge in [-0.3, -0.25) is 9.48 Å². The fraction of sp³-hybridized carbons (Fsp3) is 0.583. The van der Waals surface area contributed by atoms with Crippen LogP contribution in [0.5, 0.6) is 0 Å². The maximum Gasteiger partial charge on any atom is 0.417 e. The lowest BCUT2D eigenvalue weighted by atomic mass is 9.83. The second-order valence-corrected chi connectivity index (χ2v) is 9.17. The third-order valence-corrected chi connectivity index (χ3v) is 6.64. The summed E-state index contributed by atoms with van der Waals surface area (Å²) in [5.41, 5.74) is -0.109. The molecule has 1 aliphatic carbocycles. The van der Waals surface area contributed by atoms with E-state index >= 15 is 0 Å². The highest BCUT2D eigenvalue weighted by molar-refractivity contribution is 6.36. The van der Waals surface area contributed by atoms with Crippen molar-refractivity contribution in [3.05, 3.63) is 40.0 Å². The van der Waals surface area contributed by atoms with E-state index in [0.29, 0.717) is 30.4 Å². The molecule has 1 aromatic heterocycles. The third kappa shape index (κ3) is 5.48. The number of rotatable bonds is 7. The molecule has 0 atom stereocenters. The molecule has 1 heterocycles. The second-order valence-electron chi connectivity index (χ2n) is 8.79. The zero-order valence-corrected chi connectivity index (χ0v) is 19.6. The fourth-order valence-electron chi connectivity index (χ4n) is 4.40. The van der Waals surface area contributed by atoms with Crippen molar-refractivity contribution >= 4 is 17.5 Å². The molecule has 4 nitrogen and oxygen atoms in total. The molecule has 1 saturated carbocycles. The van der Waals surface area contributed by atoms with Crippen LogP contribution >= 0.6 is 11.6 Å². The lowest BCUT2D eigenvalue weighted by Crippen LogP contribution is -2.31. The van der Waals surface area contributed by atoms with Crippen LogP contribution in [0.2, 0.25) is 5.02 Å². The molecule has 1 fully saturated rings. The molecule has 0 bridgehead atoms. The molecule has 32 heavy (non-hydrogen) atoms. The van der Waals surface area contributed by atoms with E-state index in [4.69, 9.17) is 11.6 Å². The lowest BCUT2D eigenvalue weighted by molar-refractivity contribution is -0.137. The zero-order chi connectivity index (χ0) is 23.5. The van der Waals surface area contributed by atoms with Gasteiger partial charge in [0.2, 0.25) is 0 Å². The number of aromatic nitrogens is 2. The van der Waals surface area contributed by atoms with E-state index in [1.165, 1.54) is 16.8 Å². The average Bonchev–Trinajstić information content (AvgIpc) is 3.09. The Labute approximate surface area is 192 Å². The van der Waals surface area contributed by atoms with Crippen LogP contribution in [0, 0.1) is 11.8 Å². The zero-order valence-electron chi connectivity index (χ0n) is 18.9. The van der Waals surface area contributed by atoms with Crippen molar-refractivity contribution in [3.8, 4) is 11.3 Å². The van der Waals surface area contributed by atoms with Gasteiger partial charge in [-0.15, -0.1) is 0 Å². The van der Waals surface area contributed by atoms with E-state index < -0.39 is 17.6 Å². The standard InChI is InChI=1S/C24H31ClF3N3O/c1-4-6-16-11-12-18(19(13-16)24(26,27)28)22-20(25)21(30-31(22)5-2)23(32)29-14-17-9-7-15(3)8-10-17/h11-13,15,17H,4-10,14H2,1-3H3,(H,29,32). The van der Waals surface area contributed by atoms with Gasteiger partial charge in [0.25, 0.3) is 5.91 Å². The van der Waals surface area contributed by atoms with Crippen LogP contribution in [0.25, 0.3) is 11.3 Å². The van der Waals surface area contributed by atoms with Crippen LogP contribution in [-0.4, -0.2) is 22.2 Å². The summed E-state index contributed by atoms with van der Waals surface area (Å²) in [6.45, 7) is 6.73. The molecule has 1 aliphatic rings. The number of amides is 1. The molecule has 0 unspecified atom stereocenters. The van der Waals surface area contributed by atoms with E-state index in [1.54, 1.807) is 13.0 Å². The first kappa shape index (κ1) is 24.6. The fourth-order valence-corrected chi connectivity index (χ4v) is 4.72. The van der Waals surface area contributed by atoms with Crippen molar-refractivity contribution < 1.29 is 18.0 Å². The summed E-state index contributed by atoms with van der Waals surface area (Å²) in [4.78, 5) is 12.8. The van der Waals surface area contributed by atoms with E-state index in [1.807, 2.05) is 6.92 Å². The molecular weight excluding hydrogens is 439 g/mol. The van der Waals surface area contributed by atoms with Crippen LogP contribution in [0.4, 0.5) is 13.2 Å². The number of carbonyl (C=O) groups is 1. The summed E-state index contributed by atoms with van der Waals surface area (Å²) < 4.78 is 43.0. The number of alkyl halides is 3. The molecule has 0 radical (unpaired) electrons. The predicted octanol–water partition coefficient (Wildman–Crippen LogP) is 6.75. The Morgan fingerprint density at radius 1 is 1.22 bits per heavy atom. The van der Waals surface area contributed by atoms with Gasteiger partial charge in [0.05, 0.1) is 16.3 Å². The Balaban J connectivity index is 1.91. The molecule has 176 valence electrons. The Morgan fingerprint density at radius 2 is 1.91 bits per heavy atom. The van der Waals surface area contributed by atoms with Gasteiger partial charge in [-0.05, 0) is 49.7 Å². The maximum atomic E-state index is 13.9. The molecule has 2 aromatic rings. The highest BCUT2D eigenvalue weighted by Crippen LogP contribution is 2.41. The second kappa shape index (κ2) is 10.3. The van der Waals surface area contributed by atoms with Gasteiger partial charge in [0, 0.05) is 18.7 Å². The van der Waals surface area contributed by atoms with Crippen molar-refractivity contribution in [2.75, 3.05) is 6.54 Å². The minimum atomic E-state index is -4.55. The quantitative estimate of drug-likeness (QED) is 0.487. The van der Waals surface area contributed by atoms with Gasteiger partial charge < -0.3 is 5.32 Å². The Hall–Kier alpha value is -2.02. The number of carbonyl (C=O) groups excluding carboxylic acids is 1. The van der Waals surface area contributed by atoms with Crippen molar-refractivity contribution in [3.63, 3.8) is 0 Å². The maximum absolute atomic E-state index is 13.9. The van der Waals surface area contributed by atoms with Gasteiger partial charge in [0.15, 0.2) is 5.69 Å². The molecule has 0 aliphatic heterocycles. The van der Waals surface area contributed by atoms with Crippen LogP contribution in [0.15, 0.2) is 18.2 Å². The number of nitrogens with one attached hydrogen (secondary N) is 1. The first-order valence-corrected chi connectivity index (χ1v) is 11.8. The summed E-state index contributed by atoms with van der Waals surface area (Å²) >= 11 is 6.49. The van der Waals surface area contributed by atoms with Crippen LogP contribution in [0.3, 0.4) is 0 Å². The molecule has 0 saturated heterocycles. The monoisotopic (exact) mass is 469 g/mol. The minimum Gasteiger partial charge on any atom is -0.350 e. The normalized spacial score (nSPS) is 19.2. The highest BCUT2D eigenvalue weighted by Gasteiger charge is 2.36. The van der Waals surface area contributed by atoms with Crippen LogP contribution in [0.1, 0.15) is 74.5 Å². The topological polar surface area (TPSA) is 46.9 Å². The summed E-state index contributed by atoms with van der Waals surface area (Å²) in [5.74, 6) is 0.675. The van der Waals surface area contributed by atoms with Crippen LogP contribution < -0.4 is 5.32 Å². The Morgan fingerprint density at radius 3 is 2.50 bits per heavy atom. The number of aryl methyl sites for hydroxylation is 2. The minimum absolute atomic E-state index is 0.0292. The SMILES string of the molecule is CCCc1ccc(-c2c(Cl)c(C(=O)NCC3CCC(C)CC3)nn2CC)c(C(F)(F)F)c1. The molecule has 1 aromatic carbocycles. The average molecular weight is 470 g/mol. The molecule has 1 amide bonds. The van der Waals surface area contributed by atoms with E-state index in [9.17, 15) is 18.0 Å². The summed E-state index contributed by atoms with van der Waals surface area (Å²) in [7, 11) is 0. The van der Waals surface area contributed by atoms with Crippen LogP contribution in [-0.2, 0) is 19.1 Å². The first-order chi connectivity index (χ1) is 15.2. The van der Waals surface area contributed by atoms with Crippen molar-refractivity contribution in [1.29, 1.82) is 0 Å². The number of hydrogen-bond acceptors (Lipinski definition) is 2. The molecule has 3 rings (SSSR count). The Bertz CT molecular complexity index is 947. The molecule has 8 heteroatoms. The molecule has 1 N–H and O–H groups in total. The number of halogens is 4. The van der Waals surface area contributed by atoms with Gasteiger partial charge in [-0.2, -0.15) is 18.3 Å². The summed E-state index contributed by atoms with van der Waals surface area (Å²) in [6, 6.07) is 4.29. The van der Waals surface area contributed by atoms with E-state index in [-0.39, 0.29) is 28.5 Å². The number of hydrogen-bond donors (Lipinski definition) is 1. The third-order valence-electron chi connectivity index (χ3n) is 6.28. The van der Waals surface area contributed by atoms with E-state index in [2.05, 4.69) is 17.3 Å². The smallest absolute Gasteiger partial charge is 0.350 e.